The number of hydrogen-bond donors (Lipinski definition) is 1. The van der Waals surface area contributed by atoms with E-state index in [1.54, 1.807) is 44.4 Å². The van der Waals surface area contributed by atoms with Gasteiger partial charge in [0.2, 0.25) is 11.8 Å². The molecular weight excluding hydrogens is 488 g/mol. The topological polar surface area (TPSA) is 77.1 Å². The molecule has 7 nitrogen and oxygen atoms in total. The minimum Gasteiger partial charge on any atom is -0.497 e. The first kappa shape index (κ1) is 26.5. The summed E-state index contributed by atoms with van der Waals surface area (Å²) in [6.45, 7) is 0. The highest BCUT2D eigenvalue weighted by molar-refractivity contribution is 7.10. The van der Waals surface area contributed by atoms with Crippen LogP contribution < -0.4 is 24.4 Å². The Hall–Kier alpha value is -3.52. The molecule has 0 saturated heterocycles. The van der Waals surface area contributed by atoms with Gasteiger partial charge in [-0.25, -0.2) is 0 Å². The number of amides is 2. The molecule has 0 radical (unpaired) electrons. The molecule has 2 amide bonds. The molecular formula is C29H34N2O5S. The normalized spacial score (nSPS) is 14.5. The molecule has 37 heavy (non-hydrogen) atoms. The van der Waals surface area contributed by atoms with Crippen LogP contribution in [0.2, 0.25) is 0 Å². The third-order valence-corrected chi connectivity index (χ3v) is 7.59. The molecule has 0 unspecified atom stereocenters. The predicted molar refractivity (Wildman–Crippen MR) is 146 cm³/mol. The monoisotopic (exact) mass is 522 g/mol. The van der Waals surface area contributed by atoms with Crippen molar-refractivity contribution in [3.63, 3.8) is 0 Å². The molecule has 4 rings (SSSR count). The fourth-order valence-electron chi connectivity index (χ4n) is 4.79. The number of hydrogen-bond acceptors (Lipinski definition) is 6. The molecule has 1 aliphatic rings. The van der Waals surface area contributed by atoms with Gasteiger partial charge in [0.05, 0.1) is 27.8 Å². The SMILES string of the molecule is COc1ccc([C@@H](C(=O)NC2CCCCC2)N(C(=O)Cc2cccs2)c2ccc(OC)c(OC)c2)cc1. The summed E-state index contributed by atoms with van der Waals surface area (Å²) >= 11 is 1.52. The number of nitrogens with one attached hydrogen (secondary N) is 1. The minimum atomic E-state index is -0.876. The first-order chi connectivity index (χ1) is 18.0. The van der Waals surface area contributed by atoms with E-state index in [0.29, 0.717) is 28.5 Å². The van der Waals surface area contributed by atoms with Gasteiger partial charge in [-0.1, -0.05) is 37.5 Å². The molecule has 1 fully saturated rings. The van der Waals surface area contributed by atoms with Crippen LogP contribution in [0.5, 0.6) is 17.2 Å². The number of methoxy groups -OCH3 is 3. The first-order valence-electron chi connectivity index (χ1n) is 12.5. The lowest BCUT2D eigenvalue weighted by atomic mass is 9.94. The van der Waals surface area contributed by atoms with Crippen LogP contribution in [0.15, 0.2) is 60.0 Å². The Balaban J connectivity index is 1.79. The Labute approximate surface area is 222 Å². The van der Waals surface area contributed by atoms with Crippen molar-refractivity contribution in [2.24, 2.45) is 0 Å². The summed E-state index contributed by atoms with van der Waals surface area (Å²) in [5.41, 5.74) is 1.25. The molecule has 0 aliphatic heterocycles. The van der Waals surface area contributed by atoms with Crippen LogP contribution in [0.25, 0.3) is 0 Å². The molecule has 1 aliphatic carbocycles. The van der Waals surface area contributed by atoms with Gasteiger partial charge in [0.1, 0.15) is 11.8 Å². The number of ether oxygens (including phenoxy) is 3. The molecule has 2 aromatic carbocycles. The van der Waals surface area contributed by atoms with Crippen LogP contribution in [0, 0.1) is 0 Å². The summed E-state index contributed by atoms with van der Waals surface area (Å²) in [6.07, 6.45) is 5.44. The summed E-state index contributed by atoms with van der Waals surface area (Å²) in [7, 11) is 4.72. The van der Waals surface area contributed by atoms with Crippen molar-refractivity contribution in [1.29, 1.82) is 0 Å². The Bertz CT molecular complexity index is 1170. The van der Waals surface area contributed by atoms with Gasteiger partial charge in [0.25, 0.3) is 0 Å². The number of carbonyl (C=O) groups excluding carboxylic acids is 2. The second kappa shape index (κ2) is 12.6. The summed E-state index contributed by atoms with van der Waals surface area (Å²) in [5, 5.41) is 5.19. The zero-order valence-corrected chi connectivity index (χ0v) is 22.4. The van der Waals surface area contributed by atoms with E-state index in [0.717, 1.165) is 30.6 Å². The van der Waals surface area contributed by atoms with Crippen LogP contribution in [0.1, 0.15) is 48.6 Å². The third-order valence-electron chi connectivity index (χ3n) is 6.71. The average Bonchev–Trinajstić information content (AvgIpc) is 3.44. The van der Waals surface area contributed by atoms with Gasteiger partial charge >= 0.3 is 0 Å². The van der Waals surface area contributed by atoms with E-state index in [1.807, 2.05) is 41.8 Å². The zero-order valence-electron chi connectivity index (χ0n) is 21.6. The van der Waals surface area contributed by atoms with Crippen LogP contribution in [-0.4, -0.2) is 39.2 Å². The lowest BCUT2D eigenvalue weighted by Crippen LogP contribution is -2.47. The van der Waals surface area contributed by atoms with Crippen LogP contribution >= 0.6 is 11.3 Å². The smallest absolute Gasteiger partial charge is 0.248 e. The van der Waals surface area contributed by atoms with Crippen molar-refractivity contribution in [3.05, 3.63) is 70.4 Å². The first-order valence-corrected chi connectivity index (χ1v) is 13.4. The summed E-state index contributed by atoms with van der Waals surface area (Å²) in [5.74, 6) is 1.32. The summed E-state index contributed by atoms with van der Waals surface area (Å²) < 4.78 is 16.3. The lowest BCUT2D eigenvalue weighted by Gasteiger charge is -2.34. The Morgan fingerprint density at radius 2 is 1.68 bits per heavy atom. The number of benzene rings is 2. The zero-order chi connectivity index (χ0) is 26.2. The highest BCUT2D eigenvalue weighted by atomic mass is 32.1. The van der Waals surface area contributed by atoms with E-state index in [4.69, 9.17) is 14.2 Å². The van der Waals surface area contributed by atoms with Crippen molar-refractivity contribution in [2.75, 3.05) is 26.2 Å². The Morgan fingerprint density at radius 3 is 2.30 bits per heavy atom. The maximum absolute atomic E-state index is 14.0. The van der Waals surface area contributed by atoms with Crippen molar-refractivity contribution in [1.82, 2.24) is 5.32 Å². The fraction of sp³-hybridized carbons (Fsp3) is 0.379. The van der Waals surface area contributed by atoms with Gasteiger partial charge in [0, 0.05) is 22.7 Å². The quantitative estimate of drug-likeness (QED) is 0.378. The summed E-state index contributed by atoms with van der Waals surface area (Å²) in [6, 6.07) is 15.7. The van der Waals surface area contributed by atoms with E-state index in [-0.39, 0.29) is 24.3 Å². The second-order valence-electron chi connectivity index (χ2n) is 9.08. The minimum absolute atomic E-state index is 0.0987. The van der Waals surface area contributed by atoms with Crippen molar-refractivity contribution in [3.8, 4) is 17.2 Å². The van der Waals surface area contributed by atoms with Crippen molar-refractivity contribution in [2.45, 2.75) is 50.6 Å². The van der Waals surface area contributed by atoms with Crippen molar-refractivity contribution >= 4 is 28.8 Å². The van der Waals surface area contributed by atoms with Gasteiger partial charge in [-0.2, -0.15) is 0 Å². The van der Waals surface area contributed by atoms with Crippen LogP contribution in [0.3, 0.4) is 0 Å². The molecule has 1 atom stereocenters. The number of anilines is 1. The van der Waals surface area contributed by atoms with E-state index in [9.17, 15) is 9.59 Å². The van der Waals surface area contributed by atoms with Gasteiger partial charge in [-0.15, -0.1) is 11.3 Å². The van der Waals surface area contributed by atoms with Gasteiger partial charge in [-0.3, -0.25) is 14.5 Å². The third kappa shape index (κ3) is 6.43. The molecule has 3 aromatic rings. The molecule has 1 saturated carbocycles. The molecule has 8 heteroatoms. The van der Waals surface area contributed by atoms with Gasteiger partial charge < -0.3 is 19.5 Å². The largest absolute Gasteiger partial charge is 0.497 e. The van der Waals surface area contributed by atoms with E-state index >= 15 is 0 Å². The number of thiophene rings is 1. The number of carbonyl (C=O) groups is 2. The molecule has 1 aromatic heterocycles. The highest BCUT2D eigenvalue weighted by Crippen LogP contribution is 2.36. The molecule has 196 valence electrons. The molecule has 0 bridgehead atoms. The predicted octanol–water partition coefficient (Wildman–Crippen LogP) is 5.54. The van der Waals surface area contributed by atoms with Crippen molar-refractivity contribution < 1.29 is 23.8 Å². The standard InChI is InChI=1S/C29H34N2O5S/c1-34-23-14-11-20(12-15-23)28(29(33)30-21-8-5-4-6-9-21)31(27(32)19-24-10-7-17-37-24)22-13-16-25(35-2)26(18-22)36-3/h7,10-18,21,28H,4-6,8-9,19H2,1-3H3,(H,30,33)/t28-/m0/s1. The van der Waals surface area contributed by atoms with E-state index < -0.39 is 6.04 Å². The van der Waals surface area contributed by atoms with Crippen LogP contribution in [0.4, 0.5) is 5.69 Å². The van der Waals surface area contributed by atoms with Crippen LogP contribution in [-0.2, 0) is 16.0 Å². The van der Waals surface area contributed by atoms with Gasteiger partial charge in [-0.05, 0) is 54.1 Å². The maximum atomic E-state index is 14.0. The van der Waals surface area contributed by atoms with Gasteiger partial charge in [0.15, 0.2) is 11.5 Å². The lowest BCUT2D eigenvalue weighted by molar-refractivity contribution is -0.127. The van der Waals surface area contributed by atoms with E-state index in [1.165, 1.54) is 17.8 Å². The number of rotatable bonds is 10. The summed E-state index contributed by atoms with van der Waals surface area (Å²) in [4.78, 5) is 30.4. The highest BCUT2D eigenvalue weighted by Gasteiger charge is 2.34. The second-order valence-corrected chi connectivity index (χ2v) is 10.1. The average molecular weight is 523 g/mol. The van der Waals surface area contributed by atoms with E-state index in [2.05, 4.69) is 5.32 Å². The fourth-order valence-corrected chi connectivity index (χ4v) is 5.49. The number of nitrogens with zero attached hydrogens (tertiary/aromatic N) is 1. The molecule has 1 N–H and O–H groups in total. The molecule has 0 spiro atoms. The Kier molecular flexibility index (Phi) is 9.06. The maximum Gasteiger partial charge on any atom is 0.248 e. The molecule has 1 heterocycles. The Morgan fingerprint density at radius 1 is 0.946 bits per heavy atom.